The number of carbonyl (C=O) groups is 1. The maximum Gasteiger partial charge on any atom is 0.261 e. The number of benzene rings is 3. The van der Waals surface area contributed by atoms with Crippen molar-refractivity contribution in [2.45, 2.75) is 25.7 Å². The number of amides is 1. The molecule has 3 N–H and O–H groups in total. The SMILES string of the molecule is CCOc1ccc(Br)cc1C(=O)NC(=S)Nc1ccc(S(=O)(=O)Nc2cc(C)cc(C)c2)cc1. The number of thiocarbonyl (C=S) groups is 1. The van der Waals surface area contributed by atoms with Gasteiger partial charge in [-0.2, -0.15) is 0 Å². The van der Waals surface area contributed by atoms with Gasteiger partial charge in [-0.3, -0.25) is 14.8 Å². The van der Waals surface area contributed by atoms with E-state index in [2.05, 4.69) is 31.3 Å². The molecule has 0 bridgehead atoms. The molecule has 0 fully saturated rings. The van der Waals surface area contributed by atoms with E-state index in [0.29, 0.717) is 29.3 Å². The highest BCUT2D eigenvalue weighted by molar-refractivity contribution is 9.10. The Bertz CT molecular complexity index is 1310. The largest absolute Gasteiger partial charge is 0.493 e. The molecule has 3 rings (SSSR count). The number of hydrogen-bond acceptors (Lipinski definition) is 5. The van der Waals surface area contributed by atoms with Crippen LogP contribution < -0.4 is 20.1 Å². The Labute approximate surface area is 213 Å². The van der Waals surface area contributed by atoms with Crippen LogP contribution in [0.2, 0.25) is 0 Å². The van der Waals surface area contributed by atoms with Crippen LogP contribution in [0.1, 0.15) is 28.4 Å². The van der Waals surface area contributed by atoms with Crippen LogP contribution in [0.4, 0.5) is 11.4 Å². The molecule has 0 aromatic heterocycles. The summed E-state index contributed by atoms with van der Waals surface area (Å²) in [6.45, 7) is 6.05. The molecule has 0 spiro atoms. The smallest absolute Gasteiger partial charge is 0.261 e. The fourth-order valence-electron chi connectivity index (χ4n) is 3.26. The standard InChI is InChI=1S/C24H24BrN3O4S2/c1-4-32-22-10-5-17(25)14-21(22)23(29)27-24(33)26-18-6-8-20(9-7-18)34(30,31)28-19-12-15(2)11-16(3)13-19/h5-14,28H,4H2,1-3H3,(H2,26,27,29,33). The van der Waals surface area contributed by atoms with Crippen molar-refractivity contribution >= 4 is 60.6 Å². The fraction of sp³-hybridized carbons (Fsp3) is 0.167. The Morgan fingerprint density at radius 3 is 2.24 bits per heavy atom. The van der Waals surface area contributed by atoms with E-state index in [1.165, 1.54) is 12.1 Å². The Balaban J connectivity index is 1.67. The van der Waals surface area contributed by atoms with Crippen LogP contribution in [0.3, 0.4) is 0 Å². The molecule has 0 saturated heterocycles. The van der Waals surface area contributed by atoms with Crippen molar-refractivity contribution in [3.05, 3.63) is 81.8 Å². The van der Waals surface area contributed by atoms with Gasteiger partial charge in [-0.15, -0.1) is 0 Å². The van der Waals surface area contributed by atoms with Crippen molar-refractivity contribution in [2.24, 2.45) is 0 Å². The summed E-state index contributed by atoms with van der Waals surface area (Å²) in [4.78, 5) is 12.8. The molecule has 0 aliphatic rings. The van der Waals surface area contributed by atoms with E-state index in [1.54, 1.807) is 42.5 Å². The first-order valence-corrected chi connectivity index (χ1v) is 13.0. The zero-order chi connectivity index (χ0) is 24.9. The third-order valence-corrected chi connectivity index (χ3v) is 6.70. The van der Waals surface area contributed by atoms with E-state index in [1.807, 2.05) is 26.8 Å². The normalized spacial score (nSPS) is 10.9. The molecule has 0 saturated carbocycles. The number of carbonyl (C=O) groups excluding carboxylic acids is 1. The van der Waals surface area contributed by atoms with Gasteiger partial charge in [-0.05, 0) is 98.7 Å². The van der Waals surface area contributed by atoms with Crippen LogP contribution in [0.5, 0.6) is 5.75 Å². The van der Waals surface area contributed by atoms with Crippen LogP contribution in [-0.2, 0) is 10.0 Å². The molecule has 7 nitrogen and oxygen atoms in total. The van der Waals surface area contributed by atoms with Crippen molar-refractivity contribution in [1.29, 1.82) is 0 Å². The van der Waals surface area contributed by atoms with Crippen molar-refractivity contribution < 1.29 is 17.9 Å². The van der Waals surface area contributed by atoms with Crippen LogP contribution >= 0.6 is 28.1 Å². The van der Waals surface area contributed by atoms with E-state index in [9.17, 15) is 13.2 Å². The minimum atomic E-state index is -3.76. The van der Waals surface area contributed by atoms with E-state index >= 15 is 0 Å². The Hall–Kier alpha value is -2.95. The highest BCUT2D eigenvalue weighted by atomic mass is 79.9. The Morgan fingerprint density at radius 2 is 1.62 bits per heavy atom. The minimum absolute atomic E-state index is 0.0661. The zero-order valence-corrected chi connectivity index (χ0v) is 22.0. The molecular formula is C24H24BrN3O4S2. The predicted molar refractivity (Wildman–Crippen MR) is 142 cm³/mol. The van der Waals surface area contributed by atoms with Gasteiger partial charge in [0, 0.05) is 15.8 Å². The number of sulfonamides is 1. The molecule has 0 radical (unpaired) electrons. The summed E-state index contributed by atoms with van der Waals surface area (Å²) >= 11 is 8.59. The Morgan fingerprint density at radius 1 is 0.971 bits per heavy atom. The summed E-state index contributed by atoms with van der Waals surface area (Å²) in [6.07, 6.45) is 0. The molecular weight excluding hydrogens is 538 g/mol. The van der Waals surface area contributed by atoms with Gasteiger partial charge in [0.05, 0.1) is 17.1 Å². The average Bonchev–Trinajstić information content (AvgIpc) is 2.74. The molecule has 0 aliphatic carbocycles. The van der Waals surface area contributed by atoms with Gasteiger partial charge in [0.1, 0.15) is 5.75 Å². The quantitative estimate of drug-likeness (QED) is 0.334. The second-order valence-corrected chi connectivity index (χ2v) is 10.5. The zero-order valence-electron chi connectivity index (χ0n) is 18.8. The van der Waals surface area contributed by atoms with E-state index in [4.69, 9.17) is 17.0 Å². The van der Waals surface area contributed by atoms with Crippen LogP contribution in [0.25, 0.3) is 0 Å². The second kappa shape index (κ2) is 11.0. The third-order valence-electron chi connectivity index (χ3n) is 4.61. The average molecular weight is 563 g/mol. The van der Waals surface area contributed by atoms with E-state index in [0.717, 1.165) is 15.6 Å². The van der Waals surface area contributed by atoms with E-state index < -0.39 is 15.9 Å². The Kier molecular flexibility index (Phi) is 8.29. The predicted octanol–water partition coefficient (Wildman–Crippen LogP) is 5.39. The lowest BCUT2D eigenvalue weighted by molar-refractivity contribution is 0.0974. The summed E-state index contributed by atoms with van der Waals surface area (Å²) in [5, 5.41) is 5.56. The monoisotopic (exact) mass is 561 g/mol. The summed E-state index contributed by atoms with van der Waals surface area (Å²) in [5.74, 6) is 0.0101. The molecule has 0 atom stereocenters. The lowest BCUT2D eigenvalue weighted by atomic mass is 10.1. The van der Waals surface area contributed by atoms with Crippen molar-refractivity contribution in [3.8, 4) is 5.75 Å². The van der Waals surface area contributed by atoms with Gasteiger partial charge in [0.2, 0.25) is 0 Å². The molecule has 178 valence electrons. The number of aryl methyl sites for hydroxylation is 2. The fourth-order valence-corrected chi connectivity index (χ4v) is 4.87. The number of anilines is 2. The lowest BCUT2D eigenvalue weighted by Gasteiger charge is -2.13. The number of hydrogen-bond donors (Lipinski definition) is 3. The van der Waals surface area contributed by atoms with Gasteiger partial charge in [0.15, 0.2) is 5.11 Å². The van der Waals surface area contributed by atoms with Crippen LogP contribution in [0.15, 0.2) is 70.0 Å². The summed E-state index contributed by atoms with van der Waals surface area (Å²) in [7, 11) is -3.76. The number of rotatable bonds is 7. The van der Waals surface area contributed by atoms with Crippen molar-refractivity contribution in [3.63, 3.8) is 0 Å². The molecule has 3 aromatic rings. The van der Waals surface area contributed by atoms with Gasteiger partial charge < -0.3 is 10.1 Å². The molecule has 3 aromatic carbocycles. The number of ether oxygens (including phenoxy) is 1. The summed E-state index contributed by atoms with van der Waals surface area (Å²) in [6, 6.07) is 16.7. The summed E-state index contributed by atoms with van der Waals surface area (Å²) < 4.78 is 34.3. The first-order valence-electron chi connectivity index (χ1n) is 10.3. The first kappa shape index (κ1) is 25.7. The van der Waals surface area contributed by atoms with Gasteiger partial charge in [-0.1, -0.05) is 22.0 Å². The second-order valence-electron chi connectivity index (χ2n) is 7.49. The summed E-state index contributed by atoms with van der Waals surface area (Å²) in [5.41, 5.74) is 3.28. The lowest BCUT2D eigenvalue weighted by Crippen LogP contribution is -2.34. The third kappa shape index (κ3) is 6.78. The van der Waals surface area contributed by atoms with Gasteiger partial charge in [-0.25, -0.2) is 8.42 Å². The van der Waals surface area contributed by atoms with Crippen molar-refractivity contribution in [1.82, 2.24) is 5.32 Å². The molecule has 0 unspecified atom stereocenters. The maximum atomic E-state index is 12.7. The minimum Gasteiger partial charge on any atom is -0.493 e. The highest BCUT2D eigenvalue weighted by Gasteiger charge is 2.16. The number of nitrogens with one attached hydrogen (secondary N) is 3. The van der Waals surface area contributed by atoms with Crippen LogP contribution in [-0.4, -0.2) is 26.0 Å². The number of halogens is 1. The van der Waals surface area contributed by atoms with E-state index in [-0.39, 0.29) is 10.0 Å². The van der Waals surface area contributed by atoms with Gasteiger partial charge >= 0.3 is 0 Å². The molecule has 0 aliphatic heterocycles. The first-order chi connectivity index (χ1) is 16.1. The molecule has 10 heteroatoms. The topological polar surface area (TPSA) is 96.5 Å². The molecule has 34 heavy (non-hydrogen) atoms. The molecule has 1 amide bonds. The van der Waals surface area contributed by atoms with Crippen molar-refractivity contribution in [2.75, 3.05) is 16.6 Å². The highest BCUT2D eigenvalue weighted by Crippen LogP contribution is 2.24. The van der Waals surface area contributed by atoms with Crippen LogP contribution in [0, 0.1) is 13.8 Å². The van der Waals surface area contributed by atoms with Gasteiger partial charge in [0.25, 0.3) is 15.9 Å². The molecule has 0 heterocycles. The maximum absolute atomic E-state index is 12.7.